The molecule has 2 rings (SSSR count). The molecule has 1 fully saturated rings. The summed E-state index contributed by atoms with van der Waals surface area (Å²) in [6, 6.07) is 5.29. The zero-order valence-electron chi connectivity index (χ0n) is 13.4. The second kappa shape index (κ2) is 6.92. The van der Waals surface area contributed by atoms with Gasteiger partial charge < -0.3 is 15.3 Å². The summed E-state index contributed by atoms with van der Waals surface area (Å²) in [4.78, 5) is 25.8. The van der Waals surface area contributed by atoms with E-state index in [1.807, 2.05) is 20.8 Å². The molecule has 1 aliphatic heterocycles. The second-order valence-electron chi connectivity index (χ2n) is 6.37. The summed E-state index contributed by atoms with van der Waals surface area (Å²) in [5, 5.41) is 12.4. The highest BCUT2D eigenvalue weighted by molar-refractivity contribution is 5.96. The summed E-state index contributed by atoms with van der Waals surface area (Å²) in [7, 11) is 0. The third-order valence-corrected chi connectivity index (χ3v) is 3.79. The topological polar surface area (TPSA) is 69.6 Å². The lowest BCUT2D eigenvalue weighted by molar-refractivity contribution is -0.116. The molecule has 5 heteroatoms. The van der Waals surface area contributed by atoms with Gasteiger partial charge in [-0.05, 0) is 43.0 Å². The summed E-state index contributed by atoms with van der Waals surface area (Å²) < 4.78 is 0. The van der Waals surface area contributed by atoms with Crippen LogP contribution in [0.2, 0.25) is 0 Å². The molecule has 2 amide bonds. The van der Waals surface area contributed by atoms with Gasteiger partial charge in [0, 0.05) is 30.8 Å². The third-order valence-electron chi connectivity index (χ3n) is 3.79. The minimum atomic E-state index is -0.417. The lowest BCUT2D eigenvalue weighted by Crippen LogP contribution is -2.29. The monoisotopic (exact) mass is 304 g/mol. The smallest absolute Gasteiger partial charge is 0.253 e. The third kappa shape index (κ3) is 4.07. The molecule has 1 saturated heterocycles. The van der Waals surface area contributed by atoms with Crippen LogP contribution in [-0.4, -0.2) is 41.0 Å². The number of likely N-dealkylation sites (tertiary alicyclic amines) is 1. The van der Waals surface area contributed by atoms with E-state index in [9.17, 15) is 14.7 Å². The first-order valence-corrected chi connectivity index (χ1v) is 7.74. The van der Waals surface area contributed by atoms with E-state index in [4.69, 9.17) is 0 Å². The number of aliphatic hydroxyl groups is 1. The second-order valence-corrected chi connectivity index (χ2v) is 6.37. The molecule has 0 unspecified atom stereocenters. The SMILES string of the molecule is Cc1cc(C(=O)N2CC[C@@H](O)C2)ccc1NC(=O)CC(C)C. The van der Waals surface area contributed by atoms with Gasteiger partial charge in [0.05, 0.1) is 6.10 Å². The van der Waals surface area contributed by atoms with Crippen LogP contribution in [0.1, 0.15) is 42.6 Å². The Kier molecular flexibility index (Phi) is 5.19. The number of nitrogens with one attached hydrogen (secondary N) is 1. The Morgan fingerprint density at radius 3 is 2.68 bits per heavy atom. The number of aliphatic hydroxyl groups excluding tert-OH is 1. The zero-order valence-corrected chi connectivity index (χ0v) is 13.4. The van der Waals surface area contributed by atoms with Crippen molar-refractivity contribution in [3.63, 3.8) is 0 Å². The quantitative estimate of drug-likeness (QED) is 0.896. The van der Waals surface area contributed by atoms with Crippen molar-refractivity contribution in [3.05, 3.63) is 29.3 Å². The van der Waals surface area contributed by atoms with Crippen LogP contribution < -0.4 is 5.32 Å². The van der Waals surface area contributed by atoms with Crippen LogP contribution in [0.5, 0.6) is 0 Å². The van der Waals surface area contributed by atoms with Crippen LogP contribution in [0.4, 0.5) is 5.69 Å². The predicted molar refractivity (Wildman–Crippen MR) is 85.8 cm³/mol. The lowest BCUT2D eigenvalue weighted by atomic mass is 10.1. The fourth-order valence-electron chi connectivity index (χ4n) is 2.62. The van der Waals surface area contributed by atoms with Gasteiger partial charge in [0.25, 0.3) is 5.91 Å². The van der Waals surface area contributed by atoms with E-state index in [1.54, 1.807) is 23.1 Å². The molecular formula is C17H24N2O3. The Morgan fingerprint density at radius 1 is 1.41 bits per heavy atom. The van der Waals surface area contributed by atoms with Gasteiger partial charge in [-0.15, -0.1) is 0 Å². The molecule has 1 atom stereocenters. The van der Waals surface area contributed by atoms with Crippen molar-refractivity contribution in [1.82, 2.24) is 4.90 Å². The molecule has 0 radical (unpaired) electrons. The molecule has 5 nitrogen and oxygen atoms in total. The Labute approximate surface area is 131 Å². The molecule has 2 N–H and O–H groups in total. The van der Waals surface area contributed by atoms with Crippen LogP contribution in [0.25, 0.3) is 0 Å². The normalized spacial score (nSPS) is 17.9. The van der Waals surface area contributed by atoms with Crippen molar-refractivity contribution in [2.45, 2.75) is 39.7 Å². The molecule has 0 spiro atoms. The highest BCUT2D eigenvalue weighted by Gasteiger charge is 2.25. The molecule has 0 saturated carbocycles. The molecule has 1 aliphatic rings. The molecule has 120 valence electrons. The van der Waals surface area contributed by atoms with E-state index in [-0.39, 0.29) is 11.8 Å². The number of carbonyl (C=O) groups excluding carboxylic acids is 2. The largest absolute Gasteiger partial charge is 0.391 e. The van der Waals surface area contributed by atoms with Gasteiger partial charge in [-0.2, -0.15) is 0 Å². The highest BCUT2D eigenvalue weighted by atomic mass is 16.3. The molecule has 1 heterocycles. The first-order chi connectivity index (χ1) is 10.4. The van der Waals surface area contributed by atoms with Gasteiger partial charge in [-0.1, -0.05) is 13.8 Å². The summed E-state index contributed by atoms with van der Waals surface area (Å²) in [5.74, 6) is 0.224. The number of β-amino-alcohol motifs (C(OH)–C–C–N with tert-alkyl or cyclic N) is 1. The lowest BCUT2D eigenvalue weighted by Gasteiger charge is -2.17. The van der Waals surface area contributed by atoms with Gasteiger partial charge in [0.1, 0.15) is 0 Å². The van der Waals surface area contributed by atoms with Crippen LogP contribution in [0.3, 0.4) is 0 Å². The predicted octanol–water partition coefficient (Wildman–Crippen LogP) is 2.19. The maximum absolute atomic E-state index is 12.4. The molecule has 0 bridgehead atoms. The van der Waals surface area contributed by atoms with E-state index in [2.05, 4.69) is 5.32 Å². The number of anilines is 1. The van der Waals surface area contributed by atoms with E-state index >= 15 is 0 Å². The minimum Gasteiger partial charge on any atom is -0.391 e. The van der Waals surface area contributed by atoms with Crippen LogP contribution in [-0.2, 0) is 4.79 Å². The number of aryl methyl sites for hydroxylation is 1. The summed E-state index contributed by atoms with van der Waals surface area (Å²) in [6.45, 7) is 6.86. The first-order valence-electron chi connectivity index (χ1n) is 7.74. The van der Waals surface area contributed by atoms with Crippen molar-refractivity contribution >= 4 is 17.5 Å². The minimum absolute atomic E-state index is 0.0140. The van der Waals surface area contributed by atoms with Gasteiger partial charge in [-0.25, -0.2) is 0 Å². The summed E-state index contributed by atoms with van der Waals surface area (Å²) in [6.07, 6.45) is 0.694. The van der Waals surface area contributed by atoms with E-state index < -0.39 is 6.10 Å². The van der Waals surface area contributed by atoms with Gasteiger partial charge in [-0.3, -0.25) is 9.59 Å². The number of nitrogens with zero attached hydrogens (tertiary/aromatic N) is 1. The van der Waals surface area contributed by atoms with Crippen LogP contribution >= 0.6 is 0 Å². The number of carbonyl (C=O) groups is 2. The van der Waals surface area contributed by atoms with Crippen molar-refractivity contribution in [2.24, 2.45) is 5.92 Å². The van der Waals surface area contributed by atoms with Gasteiger partial charge in [0.15, 0.2) is 0 Å². The van der Waals surface area contributed by atoms with Gasteiger partial charge in [0.2, 0.25) is 5.91 Å². The Balaban J connectivity index is 2.06. The van der Waals surface area contributed by atoms with Crippen LogP contribution in [0.15, 0.2) is 18.2 Å². The average Bonchev–Trinajstić information content (AvgIpc) is 2.86. The molecular weight excluding hydrogens is 280 g/mol. The van der Waals surface area contributed by atoms with E-state index in [1.165, 1.54) is 0 Å². The maximum Gasteiger partial charge on any atom is 0.253 e. The summed E-state index contributed by atoms with van der Waals surface area (Å²) in [5.41, 5.74) is 2.19. The molecule has 22 heavy (non-hydrogen) atoms. The number of amides is 2. The van der Waals surface area contributed by atoms with Crippen molar-refractivity contribution in [1.29, 1.82) is 0 Å². The van der Waals surface area contributed by atoms with Crippen molar-refractivity contribution < 1.29 is 14.7 Å². The Bertz CT molecular complexity index is 569. The number of hydrogen-bond acceptors (Lipinski definition) is 3. The molecule has 0 aromatic heterocycles. The Morgan fingerprint density at radius 2 is 2.14 bits per heavy atom. The van der Waals surface area contributed by atoms with Crippen LogP contribution in [0, 0.1) is 12.8 Å². The average molecular weight is 304 g/mol. The molecule has 1 aromatic rings. The highest BCUT2D eigenvalue weighted by Crippen LogP contribution is 2.20. The standard InChI is InChI=1S/C17H24N2O3/c1-11(2)8-16(21)18-15-5-4-13(9-12(15)3)17(22)19-7-6-14(20)10-19/h4-5,9,11,14,20H,6-8,10H2,1-3H3,(H,18,21)/t14-/m1/s1. The van der Waals surface area contributed by atoms with E-state index in [0.29, 0.717) is 37.4 Å². The molecule has 1 aromatic carbocycles. The fraction of sp³-hybridized carbons (Fsp3) is 0.529. The number of rotatable bonds is 4. The molecule has 0 aliphatic carbocycles. The Hall–Kier alpha value is -1.88. The zero-order chi connectivity index (χ0) is 16.3. The van der Waals surface area contributed by atoms with E-state index in [0.717, 1.165) is 11.3 Å². The van der Waals surface area contributed by atoms with Gasteiger partial charge >= 0.3 is 0 Å². The summed E-state index contributed by atoms with van der Waals surface area (Å²) >= 11 is 0. The maximum atomic E-state index is 12.4. The first kappa shape index (κ1) is 16.5. The van der Waals surface area contributed by atoms with Crippen molar-refractivity contribution in [3.8, 4) is 0 Å². The fourth-order valence-corrected chi connectivity index (χ4v) is 2.62. The number of hydrogen-bond donors (Lipinski definition) is 2. The van der Waals surface area contributed by atoms with Crippen molar-refractivity contribution in [2.75, 3.05) is 18.4 Å². The number of benzene rings is 1.